The summed E-state index contributed by atoms with van der Waals surface area (Å²) in [7, 11) is 1.41. The predicted molar refractivity (Wildman–Crippen MR) is 107 cm³/mol. The molecule has 7 nitrogen and oxygen atoms in total. The van der Waals surface area contributed by atoms with E-state index in [0.29, 0.717) is 19.4 Å². The Kier molecular flexibility index (Phi) is 8.61. The Labute approximate surface area is 161 Å². The summed E-state index contributed by atoms with van der Waals surface area (Å²) < 4.78 is 4.64. The van der Waals surface area contributed by atoms with Gasteiger partial charge in [0.2, 0.25) is 5.91 Å². The summed E-state index contributed by atoms with van der Waals surface area (Å²) in [5.41, 5.74) is 2.03. The number of hydrogen-bond donors (Lipinski definition) is 3. The van der Waals surface area contributed by atoms with E-state index in [1.165, 1.54) is 7.11 Å². The van der Waals surface area contributed by atoms with Gasteiger partial charge in [-0.1, -0.05) is 24.6 Å². The van der Waals surface area contributed by atoms with Gasteiger partial charge in [-0.15, -0.1) is 0 Å². The number of nitrogens with zero attached hydrogens (tertiary/aromatic N) is 1. The Morgan fingerprint density at radius 3 is 2.85 bits per heavy atom. The fourth-order valence-corrected chi connectivity index (χ4v) is 3.09. The molecule has 0 radical (unpaired) electrons. The number of methoxy groups -OCH3 is 1. The van der Waals surface area contributed by atoms with Gasteiger partial charge in [0.15, 0.2) is 5.96 Å². The van der Waals surface area contributed by atoms with Crippen molar-refractivity contribution in [1.29, 1.82) is 0 Å². The molecular weight excluding hydrogens is 344 g/mol. The number of unbranched alkanes of at least 4 members (excludes halogenated alkanes) is 2. The van der Waals surface area contributed by atoms with Gasteiger partial charge in [-0.05, 0) is 31.4 Å². The van der Waals surface area contributed by atoms with Crippen LogP contribution in [-0.2, 0) is 14.3 Å². The highest BCUT2D eigenvalue weighted by Gasteiger charge is 2.24. The molecular formula is C20H30N4O3. The number of fused-ring (bicyclic) bond motifs is 1. The van der Waals surface area contributed by atoms with Gasteiger partial charge in [-0.25, -0.2) is 0 Å². The second-order valence-electron chi connectivity index (χ2n) is 6.57. The summed E-state index contributed by atoms with van der Waals surface area (Å²) in [4.78, 5) is 27.7. The van der Waals surface area contributed by atoms with Crippen molar-refractivity contribution < 1.29 is 14.3 Å². The Morgan fingerprint density at radius 2 is 2.07 bits per heavy atom. The predicted octanol–water partition coefficient (Wildman–Crippen LogP) is 2.40. The highest BCUT2D eigenvalue weighted by Crippen LogP contribution is 2.31. The number of carbonyl (C=O) groups excluding carboxylic acids is 2. The molecule has 0 fully saturated rings. The van der Waals surface area contributed by atoms with Gasteiger partial charge >= 0.3 is 5.97 Å². The van der Waals surface area contributed by atoms with Crippen LogP contribution >= 0.6 is 0 Å². The van der Waals surface area contributed by atoms with Crippen molar-refractivity contribution >= 4 is 23.5 Å². The van der Waals surface area contributed by atoms with Gasteiger partial charge in [0.25, 0.3) is 0 Å². The molecule has 1 aromatic rings. The van der Waals surface area contributed by atoms with E-state index in [1.54, 1.807) is 0 Å². The van der Waals surface area contributed by atoms with Crippen molar-refractivity contribution in [3.05, 3.63) is 29.8 Å². The van der Waals surface area contributed by atoms with Crippen LogP contribution in [0.1, 0.15) is 50.5 Å². The second kappa shape index (κ2) is 11.2. The first-order chi connectivity index (χ1) is 13.1. The van der Waals surface area contributed by atoms with Crippen molar-refractivity contribution in [2.24, 2.45) is 4.99 Å². The summed E-state index contributed by atoms with van der Waals surface area (Å²) in [6, 6.07) is 7.90. The van der Waals surface area contributed by atoms with E-state index in [4.69, 9.17) is 0 Å². The molecule has 0 spiro atoms. The second-order valence-corrected chi connectivity index (χ2v) is 6.57. The Balaban J connectivity index is 1.83. The number of para-hydroxylation sites is 1. The minimum atomic E-state index is -0.158. The summed E-state index contributed by atoms with van der Waals surface area (Å²) in [6.07, 6.45) is 3.66. The van der Waals surface area contributed by atoms with Gasteiger partial charge in [0.1, 0.15) is 0 Å². The highest BCUT2D eigenvalue weighted by atomic mass is 16.5. The quantitative estimate of drug-likeness (QED) is 0.267. The van der Waals surface area contributed by atoms with E-state index >= 15 is 0 Å². The zero-order chi connectivity index (χ0) is 19.5. The number of hydrogen-bond acceptors (Lipinski definition) is 4. The standard InChI is InChI=1S/C20H30N4O3/c1-3-21-20(22-12-8-4-5-11-19(26)27-2)23-14-15-13-18(25)24-17-10-7-6-9-16(15)17/h6-7,9-10,15H,3-5,8,11-14H2,1-2H3,(H,24,25)(H2,21,22,23). The molecule has 1 atom stereocenters. The number of anilines is 1. The third-order valence-electron chi connectivity index (χ3n) is 4.50. The summed E-state index contributed by atoms with van der Waals surface area (Å²) in [5, 5.41) is 9.48. The lowest BCUT2D eigenvalue weighted by molar-refractivity contribution is -0.140. The van der Waals surface area contributed by atoms with Crippen molar-refractivity contribution in [3.8, 4) is 0 Å². The minimum absolute atomic E-state index is 0.0393. The van der Waals surface area contributed by atoms with Gasteiger partial charge in [-0.3, -0.25) is 14.6 Å². The van der Waals surface area contributed by atoms with Gasteiger partial charge in [0, 0.05) is 37.5 Å². The molecule has 1 amide bonds. The van der Waals surface area contributed by atoms with E-state index in [1.807, 2.05) is 25.1 Å². The van der Waals surface area contributed by atoms with E-state index < -0.39 is 0 Å². The minimum Gasteiger partial charge on any atom is -0.469 e. The van der Waals surface area contributed by atoms with E-state index in [-0.39, 0.29) is 17.8 Å². The summed E-state index contributed by atoms with van der Waals surface area (Å²) in [5.74, 6) is 0.728. The molecule has 0 aromatic heterocycles. The maximum atomic E-state index is 11.9. The number of ether oxygens (including phenoxy) is 1. The number of aliphatic imine (C=N–C) groups is 1. The molecule has 0 saturated heterocycles. The molecule has 148 valence electrons. The molecule has 1 aliphatic heterocycles. The lowest BCUT2D eigenvalue weighted by Crippen LogP contribution is -2.38. The van der Waals surface area contributed by atoms with E-state index in [0.717, 1.165) is 49.6 Å². The SMILES string of the molecule is CCNC(=NCC1CC(=O)Nc2ccccc21)NCCCCCC(=O)OC. The number of carbonyl (C=O) groups is 2. The first-order valence-electron chi connectivity index (χ1n) is 9.61. The number of benzene rings is 1. The molecule has 3 N–H and O–H groups in total. The fourth-order valence-electron chi connectivity index (χ4n) is 3.09. The molecule has 0 aliphatic carbocycles. The first kappa shape index (κ1) is 20.7. The lowest BCUT2D eigenvalue weighted by Gasteiger charge is -2.24. The van der Waals surface area contributed by atoms with Crippen LogP contribution in [0, 0.1) is 0 Å². The average molecular weight is 374 g/mol. The number of guanidine groups is 1. The van der Waals surface area contributed by atoms with Crippen molar-refractivity contribution in [2.45, 2.75) is 44.9 Å². The number of esters is 1. The molecule has 7 heteroatoms. The zero-order valence-corrected chi connectivity index (χ0v) is 16.2. The number of rotatable bonds is 9. The normalized spacial score (nSPS) is 16.3. The zero-order valence-electron chi connectivity index (χ0n) is 16.2. The Morgan fingerprint density at radius 1 is 1.26 bits per heavy atom. The largest absolute Gasteiger partial charge is 0.469 e. The van der Waals surface area contributed by atoms with Crippen molar-refractivity contribution in [3.63, 3.8) is 0 Å². The molecule has 0 saturated carbocycles. The fraction of sp³-hybridized carbons (Fsp3) is 0.550. The van der Waals surface area contributed by atoms with Gasteiger partial charge in [0.05, 0.1) is 13.7 Å². The van der Waals surface area contributed by atoms with E-state index in [9.17, 15) is 9.59 Å². The smallest absolute Gasteiger partial charge is 0.305 e. The number of nitrogens with one attached hydrogen (secondary N) is 3. The summed E-state index contributed by atoms with van der Waals surface area (Å²) in [6.45, 7) is 4.14. The van der Waals surface area contributed by atoms with Crippen LogP contribution < -0.4 is 16.0 Å². The maximum absolute atomic E-state index is 11.9. The van der Waals surface area contributed by atoms with Crippen molar-refractivity contribution in [2.75, 3.05) is 32.1 Å². The van der Waals surface area contributed by atoms with E-state index in [2.05, 4.69) is 31.7 Å². The third kappa shape index (κ3) is 6.92. The van der Waals surface area contributed by atoms with Crippen LogP contribution in [0.5, 0.6) is 0 Å². The molecule has 27 heavy (non-hydrogen) atoms. The average Bonchev–Trinajstić information content (AvgIpc) is 2.67. The maximum Gasteiger partial charge on any atom is 0.305 e. The third-order valence-corrected chi connectivity index (χ3v) is 4.50. The van der Waals surface area contributed by atoms with Crippen LogP contribution in [0.15, 0.2) is 29.3 Å². The van der Waals surface area contributed by atoms with Crippen LogP contribution in [0.25, 0.3) is 0 Å². The van der Waals surface area contributed by atoms with Crippen LogP contribution in [0.3, 0.4) is 0 Å². The monoisotopic (exact) mass is 374 g/mol. The molecule has 1 heterocycles. The van der Waals surface area contributed by atoms with Gasteiger partial charge in [-0.2, -0.15) is 0 Å². The molecule has 1 aromatic carbocycles. The van der Waals surface area contributed by atoms with Crippen LogP contribution in [-0.4, -0.2) is 44.6 Å². The Hall–Kier alpha value is -2.57. The highest BCUT2D eigenvalue weighted by molar-refractivity contribution is 5.94. The number of amides is 1. The van der Waals surface area contributed by atoms with Crippen LogP contribution in [0.4, 0.5) is 5.69 Å². The first-order valence-corrected chi connectivity index (χ1v) is 9.61. The van der Waals surface area contributed by atoms with Crippen molar-refractivity contribution in [1.82, 2.24) is 10.6 Å². The molecule has 1 unspecified atom stereocenters. The van der Waals surface area contributed by atoms with Crippen LogP contribution in [0.2, 0.25) is 0 Å². The lowest BCUT2D eigenvalue weighted by atomic mass is 9.91. The molecule has 0 bridgehead atoms. The molecule has 1 aliphatic rings. The Bertz CT molecular complexity index is 660. The van der Waals surface area contributed by atoms with Gasteiger partial charge < -0.3 is 20.7 Å². The summed E-state index contributed by atoms with van der Waals surface area (Å²) >= 11 is 0. The molecule has 2 rings (SSSR count). The topological polar surface area (TPSA) is 91.8 Å².